The lowest BCUT2D eigenvalue weighted by Crippen LogP contribution is -2.04. The van der Waals surface area contributed by atoms with Gasteiger partial charge in [-0.2, -0.15) is 0 Å². The number of aromatic nitrogens is 2. The van der Waals surface area contributed by atoms with E-state index in [1.807, 2.05) is 13.0 Å². The highest BCUT2D eigenvalue weighted by atomic mass is 32.2. The van der Waals surface area contributed by atoms with Gasteiger partial charge in [0.1, 0.15) is 0 Å². The molecule has 2 aromatic rings. The number of nitrogens with one attached hydrogen (secondary N) is 1. The molecule has 0 unspecified atom stereocenters. The summed E-state index contributed by atoms with van der Waals surface area (Å²) in [5.41, 5.74) is 3.45. The standard InChI is InChI=1S/C14H17N3S/c1-11-3-5-13(6-4-11)15-9-10-18-14-16-8-7-12(2)17-14/h3-8,15H,9-10H2,1-2H3. The van der Waals surface area contributed by atoms with Crippen LogP contribution in [-0.2, 0) is 0 Å². The minimum Gasteiger partial charge on any atom is -0.384 e. The largest absolute Gasteiger partial charge is 0.384 e. The summed E-state index contributed by atoms with van der Waals surface area (Å²) >= 11 is 1.67. The lowest BCUT2D eigenvalue weighted by atomic mass is 10.2. The summed E-state index contributed by atoms with van der Waals surface area (Å²) in [6.07, 6.45) is 1.80. The van der Waals surface area contributed by atoms with Crippen molar-refractivity contribution in [3.63, 3.8) is 0 Å². The number of nitrogens with zero attached hydrogens (tertiary/aromatic N) is 2. The highest BCUT2D eigenvalue weighted by Crippen LogP contribution is 2.13. The van der Waals surface area contributed by atoms with Gasteiger partial charge in [-0.1, -0.05) is 29.5 Å². The molecule has 0 saturated heterocycles. The van der Waals surface area contributed by atoms with Crippen molar-refractivity contribution in [1.29, 1.82) is 0 Å². The van der Waals surface area contributed by atoms with Gasteiger partial charge in [0.05, 0.1) is 0 Å². The molecule has 2 rings (SSSR count). The van der Waals surface area contributed by atoms with E-state index in [2.05, 4.69) is 46.5 Å². The highest BCUT2D eigenvalue weighted by Gasteiger charge is 1.97. The number of benzene rings is 1. The first-order valence-electron chi connectivity index (χ1n) is 5.97. The van der Waals surface area contributed by atoms with Crippen LogP contribution in [0, 0.1) is 13.8 Å². The molecule has 18 heavy (non-hydrogen) atoms. The lowest BCUT2D eigenvalue weighted by Gasteiger charge is -2.06. The van der Waals surface area contributed by atoms with Gasteiger partial charge in [-0.05, 0) is 32.0 Å². The van der Waals surface area contributed by atoms with Gasteiger partial charge in [-0.3, -0.25) is 0 Å². The molecule has 0 aliphatic heterocycles. The van der Waals surface area contributed by atoms with Gasteiger partial charge in [0.2, 0.25) is 0 Å². The minimum atomic E-state index is 0.848. The molecule has 0 atom stereocenters. The predicted octanol–water partition coefficient (Wildman–Crippen LogP) is 3.30. The van der Waals surface area contributed by atoms with Gasteiger partial charge in [-0.15, -0.1) is 0 Å². The van der Waals surface area contributed by atoms with Gasteiger partial charge in [-0.25, -0.2) is 9.97 Å². The molecule has 1 aromatic carbocycles. The molecule has 0 aliphatic carbocycles. The molecule has 3 nitrogen and oxygen atoms in total. The Labute approximate surface area is 112 Å². The Bertz CT molecular complexity index is 497. The second-order valence-electron chi connectivity index (χ2n) is 4.12. The van der Waals surface area contributed by atoms with Crippen molar-refractivity contribution >= 4 is 17.4 Å². The zero-order chi connectivity index (χ0) is 12.8. The zero-order valence-electron chi connectivity index (χ0n) is 10.7. The fraction of sp³-hybridized carbons (Fsp3) is 0.286. The molecule has 1 heterocycles. The molecule has 94 valence electrons. The van der Waals surface area contributed by atoms with Crippen molar-refractivity contribution in [1.82, 2.24) is 9.97 Å². The van der Waals surface area contributed by atoms with Crippen molar-refractivity contribution in [3.05, 3.63) is 47.8 Å². The average molecular weight is 259 g/mol. The van der Waals surface area contributed by atoms with Crippen LogP contribution in [0.25, 0.3) is 0 Å². The minimum absolute atomic E-state index is 0.848. The molecule has 0 saturated carbocycles. The summed E-state index contributed by atoms with van der Waals surface area (Å²) in [5.74, 6) is 0.956. The normalized spacial score (nSPS) is 10.3. The third kappa shape index (κ3) is 4.04. The van der Waals surface area contributed by atoms with Crippen molar-refractivity contribution < 1.29 is 0 Å². The van der Waals surface area contributed by atoms with Gasteiger partial charge in [0, 0.05) is 29.9 Å². The van der Waals surface area contributed by atoms with E-state index in [1.54, 1.807) is 18.0 Å². The molecule has 4 heteroatoms. The fourth-order valence-corrected chi connectivity index (χ4v) is 2.24. The number of thioether (sulfide) groups is 1. The fourth-order valence-electron chi connectivity index (χ4n) is 1.50. The smallest absolute Gasteiger partial charge is 0.187 e. The van der Waals surface area contributed by atoms with E-state index >= 15 is 0 Å². The first-order chi connectivity index (χ1) is 8.74. The van der Waals surface area contributed by atoms with Crippen LogP contribution >= 0.6 is 11.8 Å². The van der Waals surface area contributed by atoms with Crippen LogP contribution in [0.2, 0.25) is 0 Å². The van der Waals surface area contributed by atoms with Crippen LogP contribution in [0.1, 0.15) is 11.3 Å². The summed E-state index contributed by atoms with van der Waals surface area (Å²) in [6.45, 7) is 4.98. The van der Waals surface area contributed by atoms with Crippen LogP contribution in [0.4, 0.5) is 5.69 Å². The Morgan fingerprint density at radius 2 is 1.89 bits per heavy atom. The first kappa shape index (κ1) is 12.9. The third-order valence-electron chi connectivity index (χ3n) is 2.49. The molecule has 0 radical (unpaired) electrons. The van der Waals surface area contributed by atoms with Crippen molar-refractivity contribution in [2.45, 2.75) is 19.0 Å². The maximum Gasteiger partial charge on any atom is 0.187 e. The summed E-state index contributed by atoms with van der Waals surface area (Å²) < 4.78 is 0. The van der Waals surface area contributed by atoms with Crippen molar-refractivity contribution in [3.8, 4) is 0 Å². The SMILES string of the molecule is Cc1ccc(NCCSc2nccc(C)n2)cc1. The molecule has 0 bridgehead atoms. The van der Waals surface area contributed by atoms with Gasteiger partial charge in [0.15, 0.2) is 5.16 Å². The summed E-state index contributed by atoms with van der Waals surface area (Å²) in [6, 6.07) is 10.3. The summed E-state index contributed by atoms with van der Waals surface area (Å²) in [4.78, 5) is 8.57. The molecular weight excluding hydrogens is 242 g/mol. The van der Waals surface area contributed by atoms with E-state index in [-0.39, 0.29) is 0 Å². The molecule has 1 N–H and O–H groups in total. The Balaban J connectivity index is 1.74. The van der Waals surface area contributed by atoms with E-state index in [4.69, 9.17) is 0 Å². The van der Waals surface area contributed by atoms with E-state index in [9.17, 15) is 0 Å². The van der Waals surface area contributed by atoms with E-state index in [0.29, 0.717) is 0 Å². The third-order valence-corrected chi connectivity index (χ3v) is 3.35. The number of anilines is 1. The Kier molecular flexibility index (Phi) is 4.59. The van der Waals surface area contributed by atoms with Crippen LogP contribution in [0.5, 0.6) is 0 Å². The molecule has 0 amide bonds. The van der Waals surface area contributed by atoms with Crippen LogP contribution in [-0.4, -0.2) is 22.3 Å². The summed E-state index contributed by atoms with van der Waals surface area (Å²) in [7, 11) is 0. The van der Waals surface area contributed by atoms with Crippen LogP contribution in [0.3, 0.4) is 0 Å². The van der Waals surface area contributed by atoms with Crippen molar-refractivity contribution in [2.75, 3.05) is 17.6 Å². The maximum absolute atomic E-state index is 4.35. The summed E-state index contributed by atoms with van der Waals surface area (Å²) in [5, 5.41) is 4.23. The lowest BCUT2D eigenvalue weighted by molar-refractivity contribution is 0.931. The van der Waals surface area contributed by atoms with E-state index in [1.165, 1.54) is 5.56 Å². The number of hydrogen-bond acceptors (Lipinski definition) is 4. The highest BCUT2D eigenvalue weighted by molar-refractivity contribution is 7.99. The quantitative estimate of drug-likeness (QED) is 0.508. The predicted molar refractivity (Wildman–Crippen MR) is 77.2 cm³/mol. The van der Waals surface area contributed by atoms with E-state index in [0.717, 1.165) is 28.8 Å². The topological polar surface area (TPSA) is 37.8 Å². The molecular formula is C14H17N3S. The van der Waals surface area contributed by atoms with Crippen molar-refractivity contribution in [2.24, 2.45) is 0 Å². The second kappa shape index (κ2) is 6.40. The number of hydrogen-bond donors (Lipinski definition) is 1. The number of aryl methyl sites for hydroxylation is 2. The van der Waals surface area contributed by atoms with Gasteiger partial charge >= 0.3 is 0 Å². The first-order valence-corrected chi connectivity index (χ1v) is 6.95. The Morgan fingerprint density at radius 3 is 2.61 bits per heavy atom. The van der Waals surface area contributed by atoms with Gasteiger partial charge < -0.3 is 5.32 Å². The van der Waals surface area contributed by atoms with Crippen LogP contribution < -0.4 is 5.32 Å². The maximum atomic E-state index is 4.35. The average Bonchev–Trinajstić information content (AvgIpc) is 2.37. The molecule has 0 fully saturated rings. The molecule has 1 aromatic heterocycles. The van der Waals surface area contributed by atoms with Gasteiger partial charge in [0.25, 0.3) is 0 Å². The van der Waals surface area contributed by atoms with E-state index < -0.39 is 0 Å². The Hall–Kier alpha value is -1.55. The monoisotopic (exact) mass is 259 g/mol. The zero-order valence-corrected chi connectivity index (χ0v) is 11.5. The van der Waals surface area contributed by atoms with Crippen LogP contribution in [0.15, 0.2) is 41.7 Å². The second-order valence-corrected chi connectivity index (χ2v) is 5.18. The molecule has 0 aliphatic rings. The molecule has 0 spiro atoms. The Morgan fingerprint density at radius 1 is 1.11 bits per heavy atom. The number of rotatable bonds is 5.